The van der Waals surface area contributed by atoms with Crippen LogP contribution in [0.4, 0.5) is 0 Å². The quantitative estimate of drug-likeness (QED) is 0.817. The minimum Gasteiger partial charge on any atom is -0.481 e. The van der Waals surface area contributed by atoms with Crippen LogP contribution in [0.1, 0.15) is 57.6 Å². The van der Waals surface area contributed by atoms with E-state index in [9.17, 15) is 4.79 Å². The molecule has 2 nitrogen and oxygen atoms in total. The molecule has 0 amide bonds. The smallest absolute Gasteiger partial charge is 0.309 e. The Labute approximate surface area is 110 Å². The highest BCUT2D eigenvalue weighted by molar-refractivity contribution is 5.74. The normalized spacial score (nSPS) is 11.8. The molecule has 0 saturated carbocycles. The van der Waals surface area contributed by atoms with E-state index in [0.29, 0.717) is 12.3 Å². The second-order valence-electron chi connectivity index (χ2n) is 5.62. The van der Waals surface area contributed by atoms with Gasteiger partial charge in [0, 0.05) is 0 Å². The second kappa shape index (κ2) is 6.03. The van der Waals surface area contributed by atoms with Crippen LogP contribution >= 0.6 is 0 Å². The maximum atomic E-state index is 11.1. The van der Waals surface area contributed by atoms with E-state index in [1.807, 2.05) is 0 Å². The van der Waals surface area contributed by atoms with Crippen LogP contribution < -0.4 is 0 Å². The van der Waals surface area contributed by atoms with Crippen LogP contribution in [0.25, 0.3) is 0 Å². The van der Waals surface area contributed by atoms with Crippen molar-refractivity contribution in [3.05, 3.63) is 35.4 Å². The van der Waals surface area contributed by atoms with Gasteiger partial charge < -0.3 is 5.11 Å². The zero-order valence-electron chi connectivity index (χ0n) is 11.9. The summed E-state index contributed by atoms with van der Waals surface area (Å²) in [6.07, 6.45) is 2.87. The zero-order chi connectivity index (χ0) is 13.8. The summed E-state index contributed by atoms with van der Waals surface area (Å²) in [6.45, 7) is 7.94. The summed E-state index contributed by atoms with van der Waals surface area (Å²) in [7, 11) is 0. The number of hydrogen-bond donors (Lipinski definition) is 1. The third kappa shape index (κ3) is 3.59. The first-order valence-electron chi connectivity index (χ1n) is 6.73. The second-order valence-corrected chi connectivity index (χ2v) is 5.62. The Balaban J connectivity index is 2.80. The van der Waals surface area contributed by atoms with E-state index in [-0.39, 0.29) is 0 Å². The molecule has 1 N–H and O–H groups in total. The Kier molecular flexibility index (Phi) is 4.94. The molecule has 0 aliphatic heterocycles. The Morgan fingerprint density at radius 1 is 1.17 bits per heavy atom. The van der Waals surface area contributed by atoms with Crippen molar-refractivity contribution < 1.29 is 9.90 Å². The van der Waals surface area contributed by atoms with Gasteiger partial charge in [-0.05, 0) is 50.2 Å². The Morgan fingerprint density at radius 3 is 2.06 bits per heavy atom. The standard InChI is InChI=1S/C16H24O2/c1-5-13(6-2)14-9-7-12(8-10-14)11-16(3,4)15(17)18/h7-10,13H,5-6,11H2,1-4H3,(H,17,18). The van der Waals surface area contributed by atoms with Gasteiger partial charge in [-0.3, -0.25) is 4.79 Å². The predicted octanol–water partition coefficient (Wildman–Crippen LogP) is 4.24. The molecule has 0 spiro atoms. The highest BCUT2D eigenvalue weighted by Crippen LogP contribution is 2.26. The number of carbonyl (C=O) groups is 1. The summed E-state index contributed by atoms with van der Waals surface area (Å²) in [4.78, 5) is 11.1. The molecule has 1 aromatic rings. The molecule has 18 heavy (non-hydrogen) atoms. The van der Waals surface area contributed by atoms with E-state index in [4.69, 9.17) is 5.11 Å². The molecule has 0 heterocycles. The van der Waals surface area contributed by atoms with Crippen LogP contribution in [0.3, 0.4) is 0 Å². The molecule has 0 aliphatic rings. The molecule has 0 unspecified atom stereocenters. The first-order valence-corrected chi connectivity index (χ1v) is 6.73. The molecule has 0 atom stereocenters. The van der Waals surface area contributed by atoms with E-state index in [1.54, 1.807) is 13.8 Å². The van der Waals surface area contributed by atoms with E-state index in [2.05, 4.69) is 38.1 Å². The lowest BCUT2D eigenvalue weighted by Crippen LogP contribution is -2.26. The Bertz CT molecular complexity index is 386. The van der Waals surface area contributed by atoms with Crippen molar-refractivity contribution in [1.29, 1.82) is 0 Å². The molecule has 1 aromatic carbocycles. The predicted molar refractivity (Wildman–Crippen MR) is 74.9 cm³/mol. The van der Waals surface area contributed by atoms with Crippen molar-refractivity contribution >= 4 is 5.97 Å². The van der Waals surface area contributed by atoms with Gasteiger partial charge in [0.2, 0.25) is 0 Å². The lowest BCUT2D eigenvalue weighted by molar-refractivity contribution is -0.146. The van der Waals surface area contributed by atoms with Gasteiger partial charge in [-0.2, -0.15) is 0 Å². The minimum atomic E-state index is -0.744. The molecular formula is C16H24O2. The maximum Gasteiger partial charge on any atom is 0.309 e. The van der Waals surface area contributed by atoms with Crippen molar-refractivity contribution in [3.8, 4) is 0 Å². The van der Waals surface area contributed by atoms with Gasteiger partial charge in [-0.1, -0.05) is 38.1 Å². The van der Waals surface area contributed by atoms with Gasteiger partial charge in [-0.15, -0.1) is 0 Å². The van der Waals surface area contributed by atoms with E-state index < -0.39 is 11.4 Å². The highest BCUT2D eigenvalue weighted by atomic mass is 16.4. The third-order valence-corrected chi connectivity index (χ3v) is 3.66. The van der Waals surface area contributed by atoms with Gasteiger partial charge >= 0.3 is 5.97 Å². The summed E-state index contributed by atoms with van der Waals surface area (Å²) in [5, 5.41) is 9.12. The first-order chi connectivity index (χ1) is 8.40. The molecule has 100 valence electrons. The number of rotatable bonds is 6. The summed E-state index contributed by atoms with van der Waals surface area (Å²) in [5.74, 6) is -0.127. The summed E-state index contributed by atoms with van der Waals surface area (Å²) in [5.41, 5.74) is 1.75. The topological polar surface area (TPSA) is 37.3 Å². The number of carboxylic acids is 1. The molecular weight excluding hydrogens is 224 g/mol. The molecule has 0 saturated heterocycles. The number of benzene rings is 1. The van der Waals surface area contributed by atoms with Crippen molar-refractivity contribution in [2.45, 2.75) is 52.9 Å². The zero-order valence-corrected chi connectivity index (χ0v) is 11.9. The van der Waals surface area contributed by atoms with Gasteiger partial charge in [0.05, 0.1) is 5.41 Å². The molecule has 0 bridgehead atoms. The fourth-order valence-corrected chi connectivity index (χ4v) is 2.25. The minimum absolute atomic E-state index is 0.575. The summed E-state index contributed by atoms with van der Waals surface area (Å²) in [6, 6.07) is 8.42. The fraction of sp³-hybridized carbons (Fsp3) is 0.562. The van der Waals surface area contributed by atoms with Crippen molar-refractivity contribution in [1.82, 2.24) is 0 Å². The molecule has 0 aliphatic carbocycles. The molecule has 2 heteroatoms. The van der Waals surface area contributed by atoms with Crippen molar-refractivity contribution in [2.75, 3.05) is 0 Å². The molecule has 0 radical (unpaired) electrons. The van der Waals surface area contributed by atoms with Crippen LogP contribution in [0.15, 0.2) is 24.3 Å². The van der Waals surface area contributed by atoms with E-state index in [0.717, 1.165) is 18.4 Å². The van der Waals surface area contributed by atoms with Gasteiger partial charge in [0.1, 0.15) is 0 Å². The van der Waals surface area contributed by atoms with Crippen LogP contribution in [0.5, 0.6) is 0 Å². The monoisotopic (exact) mass is 248 g/mol. The lowest BCUT2D eigenvalue weighted by atomic mass is 9.85. The van der Waals surface area contributed by atoms with Crippen LogP contribution in [-0.2, 0) is 11.2 Å². The average molecular weight is 248 g/mol. The average Bonchev–Trinajstić information content (AvgIpc) is 2.32. The SMILES string of the molecule is CCC(CC)c1ccc(CC(C)(C)C(=O)O)cc1. The van der Waals surface area contributed by atoms with Gasteiger partial charge in [0.15, 0.2) is 0 Å². The molecule has 1 rings (SSSR count). The van der Waals surface area contributed by atoms with Crippen LogP contribution in [0.2, 0.25) is 0 Å². The number of hydrogen-bond acceptors (Lipinski definition) is 1. The third-order valence-electron chi connectivity index (χ3n) is 3.66. The van der Waals surface area contributed by atoms with Crippen molar-refractivity contribution in [3.63, 3.8) is 0 Å². The van der Waals surface area contributed by atoms with Gasteiger partial charge in [0.25, 0.3) is 0 Å². The van der Waals surface area contributed by atoms with Crippen LogP contribution in [-0.4, -0.2) is 11.1 Å². The van der Waals surface area contributed by atoms with Crippen molar-refractivity contribution in [2.24, 2.45) is 5.41 Å². The van der Waals surface area contributed by atoms with E-state index >= 15 is 0 Å². The fourth-order valence-electron chi connectivity index (χ4n) is 2.25. The number of carboxylic acid groups (broad SMARTS) is 1. The Morgan fingerprint density at radius 2 is 1.67 bits per heavy atom. The maximum absolute atomic E-state index is 11.1. The number of aliphatic carboxylic acids is 1. The molecule has 0 fully saturated rings. The summed E-state index contributed by atoms with van der Waals surface area (Å²) >= 11 is 0. The van der Waals surface area contributed by atoms with Crippen LogP contribution in [0, 0.1) is 5.41 Å². The van der Waals surface area contributed by atoms with E-state index in [1.165, 1.54) is 5.56 Å². The van der Waals surface area contributed by atoms with Gasteiger partial charge in [-0.25, -0.2) is 0 Å². The summed E-state index contributed by atoms with van der Waals surface area (Å²) < 4.78 is 0. The highest BCUT2D eigenvalue weighted by Gasteiger charge is 2.27. The largest absolute Gasteiger partial charge is 0.481 e. The molecule has 0 aromatic heterocycles. The lowest BCUT2D eigenvalue weighted by Gasteiger charge is -2.19. The first kappa shape index (κ1) is 14.7. The Hall–Kier alpha value is -1.31.